The Labute approximate surface area is 166 Å². The molecule has 0 aliphatic carbocycles. The normalized spacial score (nSPS) is 14.3. The number of hydrogen-bond acceptors (Lipinski definition) is 5. The number of hydrogen-bond donors (Lipinski definition) is 1. The molecule has 2 aromatic rings. The van der Waals surface area contributed by atoms with E-state index in [9.17, 15) is 14.9 Å². The van der Waals surface area contributed by atoms with Crippen molar-refractivity contribution < 1.29 is 9.72 Å². The van der Waals surface area contributed by atoms with Gasteiger partial charge < -0.3 is 10.2 Å². The van der Waals surface area contributed by atoms with Crippen molar-refractivity contribution in [1.82, 2.24) is 0 Å². The van der Waals surface area contributed by atoms with Gasteiger partial charge in [0.1, 0.15) is 0 Å². The number of nitro benzene ring substituents is 1. The van der Waals surface area contributed by atoms with E-state index in [1.807, 2.05) is 23.9 Å². The van der Waals surface area contributed by atoms with Crippen LogP contribution in [0.15, 0.2) is 48.5 Å². The molecular weight excluding hydrogens is 386 g/mol. The van der Waals surface area contributed by atoms with Crippen LogP contribution in [0.1, 0.15) is 5.56 Å². The molecule has 1 amide bonds. The van der Waals surface area contributed by atoms with Gasteiger partial charge in [-0.15, -0.1) is 0 Å². The second kappa shape index (κ2) is 8.92. The van der Waals surface area contributed by atoms with Gasteiger partial charge in [-0.25, -0.2) is 0 Å². The van der Waals surface area contributed by atoms with Crippen LogP contribution in [0.4, 0.5) is 17.1 Å². The number of rotatable bonds is 5. The van der Waals surface area contributed by atoms with Crippen molar-refractivity contribution in [3.05, 3.63) is 69.2 Å². The van der Waals surface area contributed by atoms with Crippen molar-refractivity contribution in [1.29, 1.82) is 0 Å². The number of halogens is 1. The highest BCUT2D eigenvalue weighted by atomic mass is 35.5. The van der Waals surface area contributed by atoms with Crippen molar-refractivity contribution in [2.45, 2.75) is 0 Å². The fourth-order valence-electron chi connectivity index (χ4n) is 2.74. The summed E-state index contributed by atoms with van der Waals surface area (Å²) in [5.74, 6) is 1.83. The second-order valence-corrected chi connectivity index (χ2v) is 7.57. The number of carbonyl (C=O) groups is 1. The summed E-state index contributed by atoms with van der Waals surface area (Å²) in [4.78, 5) is 24.7. The van der Waals surface area contributed by atoms with Gasteiger partial charge >= 0.3 is 0 Å². The number of amides is 1. The van der Waals surface area contributed by atoms with Gasteiger partial charge in [-0.2, -0.15) is 11.8 Å². The van der Waals surface area contributed by atoms with E-state index in [1.165, 1.54) is 24.3 Å². The minimum atomic E-state index is -0.470. The standard InChI is InChI=1S/C19H18ClN3O3S/c20-17-13-15(5-6-18(17)22-8-10-27-11-9-22)21-19(24)7-4-14-2-1-3-16(12-14)23(25)26/h1-7,12-13H,8-11H2,(H,21,24)/b7-4+. The molecule has 0 bridgehead atoms. The molecule has 0 spiro atoms. The first-order chi connectivity index (χ1) is 13.0. The maximum absolute atomic E-state index is 12.1. The molecule has 0 atom stereocenters. The van der Waals surface area contributed by atoms with Crippen LogP contribution in [-0.2, 0) is 4.79 Å². The number of carbonyl (C=O) groups excluding carboxylic acids is 1. The van der Waals surface area contributed by atoms with Gasteiger partial charge in [0.25, 0.3) is 5.69 Å². The molecular formula is C19H18ClN3O3S. The van der Waals surface area contributed by atoms with E-state index in [2.05, 4.69) is 10.2 Å². The molecule has 27 heavy (non-hydrogen) atoms. The summed E-state index contributed by atoms with van der Waals surface area (Å²) in [6.07, 6.45) is 2.87. The molecule has 0 saturated carbocycles. The molecule has 0 radical (unpaired) electrons. The van der Waals surface area contributed by atoms with Gasteiger partial charge in [-0.1, -0.05) is 23.7 Å². The predicted molar refractivity (Wildman–Crippen MR) is 112 cm³/mol. The lowest BCUT2D eigenvalue weighted by Crippen LogP contribution is -2.32. The van der Waals surface area contributed by atoms with Crippen LogP contribution in [0.2, 0.25) is 5.02 Å². The van der Waals surface area contributed by atoms with Gasteiger partial charge in [0.05, 0.1) is 15.6 Å². The molecule has 6 nitrogen and oxygen atoms in total. The van der Waals surface area contributed by atoms with E-state index in [4.69, 9.17) is 11.6 Å². The number of non-ortho nitro benzene ring substituents is 1. The average molecular weight is 404 g/mol. The minimum Gasteiger partial charge on any atom is -0.369 e. The molecule has 0 unspecified atom stereocenters. The number of thioether (sulfide) groups is 1. The zero-order chi connectivity index (χ0) is 19.2. The molecule has 140 valence electrons. The van der Waals surface area contributed by atoms with Crippen LogP contribution in [-0.4, -0.2) is 35.4 Å². The van der Waals surface area contributed by atoms with Crippen LogP contribution >= 0.6 is 23.4 Å². The van der Waals surface area contributed by atoms with Crippen molar-refractivity contribution in [2.24, 2.45) is 0 Å². The largest absolute Gasteiger partial charge is 0.369 e. The Kier molecular flexibility index (Phi) is 6.36. The lowest BCUT2D eigenvalue weighted by atomic mass is 10.2. The van der Waals surface area contributed by atoms with Crippen LogP contribution in [0.5, 0.6) is 0 Å². The minimum absolute atomic E-state index is 0.0176. The summed E-state index contributed by atoms with van der Waals surface area (Å²) in [6, 6.07) is 11.6. The van der Waals surface area contributed by atoms with Crippen molar-refractivity contribution in [3.8, 4) is 0 Å². The second-order valence-electron chi connectivity index (χ2n) is 5.94. The Morgan fingerprint density at radius 3 is 2.70 bits per heavy atom. The first-order valence-electron chi connectivity index (χ1n) is 8.39. The summed E-state index contributed by atoms with van der Waals surface area (Å²) >= 11 is 8.31. The third kappa shape index (κ3) is 5.24. The molecule has 1 saturated heterocycles. The number of nitrogens with one attached hydrogen (secondary N) is 1. The maximum atomic E-state index is 12.1. The van der Waals surface area contributed by atoms with Gasteiger partial charge in [0.15, 0.2) is 0 Å². The highest BCUT2D eigenvalue weighted by Crippen LogP contribution is 2.30. The molecule has 8 heteroatoms. The SMILES string of the molecule is O=C(/C=C/c1cccc([N+](=O)[O-])c1)Nc1ccc(N2CCSCC2)c(Cl)c1. The van der Waals surface area contributed by atoms with Crippen molar-refractivity contribution in [3.63, 3.8) is 0 Å². The highest BCUT2D eigenvalue weighted by molar-refractivity contribution is 7.99. The summed E-state index contributed by atoms with van der Waals surface area (Å²) < 4.78 is 0. The Hall–Kier alpha value is -2.51. The fourth-order valence-corrected chi connectivity index (χ4v) is 3.95. The van der Waals surface area contributed by atoms with Crippen LogP contribution in [0, 0.1) is 10.1 Å². The molecule has 3 rings (SSSR count). The Morgan fingerprint density at radius 1 is 1.22 bits per heavy atom. The molecule has 1 N–H and O–H groups in total. The first kappa shape index (κ1) is 19.3. The van der Waals surface area contributed by atoms with Crippen LogP contribution in [0.25, 0.3) is 6.08 Å². The first-order valence-corrected chi connectivity index (χ1v) is 9.92. The van der Waals surface area contributed by atoms with Gasteiger partial charge in [-0.3, -0.25) is 14.9 Å². The lowest BCUT2D eigenvalue weighted by molar-refractivity contribution is -0.384. The topological polar surface area (TPSA) is 75.5 Å². The highest BCUT2D eigenvalue weighted by Gasteiger charge is 2.14. The summed E-state index contributed by atoms with van der Waals surface area (Å²) in [5, 5.41) is 14.1. The zero-order valence-corrected chi connectivity index (χ0v) is 16.0. The number of anilines is 2. The van der Waals surface area contributed by atoms with E-state index < -0.39 is 4.92 Å². The molecule has 1 aliphatic rings. The molecule has 2 aromatic carbocycles. The Morgan fingerprint density at radius 2 is 2.00 bits per heavy atom. The van der Waals surface area contributed by atoms with Crippen LogP contribution < -0.4 is 10.2 Å². The Balaban J connectivity index is 1.64. The van der Waals surface area contributed by atoms with E-state index in [0.717, 1.165) is 30.3 Å². The van der Waals surface area contributed by atoms with Gasteiger partial charge in [0, 0.05) is 48.5 Å². The zero-order valence-electron chi connectivity index (χ0n) is 14.4. The monoisotopic (exact) mass is 403 g/mol. The number of benzene rings is 2. The molecule has 0 aromatic heterocycles. The van der Waals surface area contributed by atoms with Crippen molar-refractivity contribution in [2.75, 3.05) is 34.8 Å². The lowest BCUT2D eigenvalue weighted by Gasteiger charge is -2.29. The van der Waals surface area contributed by atoms with Crippen LogP contribution in [0.3, 0.4) is 0 Å². The number of nitrogens with zero attached hydrogens (tertiary/aromatic N) is 2. The molecule has 1 fully saturated rings. The Bertz CT molecular complexity index is 882. The smallest absolute Gasteiger partial charge is 0.270 e. The van der Waals surface area contributed by atoms with E-state index in [1.54, 1.807) is 18.2 Å². The van der Waals surface area contributed by atoms with Gasteiger partial charge in [-0.05, 0) is 29.8 Å². The average Bonchev–Trinajstić information content (AvgIpc) is 2.67. The third-order valence-electron chi connectivity index (χ3n) is 4.08. The predicted octanol–water partition coefficient (Wildman–Crippen LogP) is 4.45. The molecule has 1 aliphatic heterocycles. The quantitative estimate of drug-likeness (QED) is 0.453. The van der Waals surface area contributed by atoms with Gasteiger partial charge in [0.2, 0.25) is 5.91 Å². The van der Waals surface area contributed by atoms with E-state index in [0.29, 0.717) is 16.3 Å². The fraction of sp³-hybridized carbons (Fsp3) is 0.211. The van der Waals surface area contributed by atoms with E-state index >= 15 is 0 Å². The summed E-state index contributed by atoms with van der Waals surface area (Å²) in [7, 11) is 0. The third-order valence-corrected chi connectivity index (χ3v) is 5.32. The molecule has 1 heterocycles. The van der Waals surface area contributed by atoms with E-state index in [-0.39, 0.29) is 11.6 Å². The maximum Gasteiger partial charge on any atom is 0.270 e. The van der Waals surface area contributed by atoms with Crippen molar-refractivity contribution >= 4 is 52.4 Å². The summed E-state index contributed by atoms with van der Waals surface area (Å²) in [5.41, 5.74) is 2.14. The summed E-state index contributed by atoms with van der Waals surface area (Å²) in [6.45, 7) is 1.92. The number of nitro groups is 1.